The number of aromatic amines is 1. The Morgan fingerprint density at radius 3 is 2.75 bits per heavy atom. The van der Waals surface area contributed by atoms with Crippen molar-refractivity contribution in [3.05, 3.63) is 22.1 Å². The third-order valence-electron chi connectivity index (χ3n) is 1.63. The smallest absolute Gasteiger partial charge is 0.271 e. The summed E-state index contributed by atoms with van der Waals surface area (Å²) in [6.07, 6.45) is 1.55. The van der Waals surface area contributed by atoms with Crippen molar-refractivity contribution in [3.63, 3.8) is 0 Å². The Hall–Kier alpha value is -1.03. The average Bonchev–Trinajstić information content (AvgIpc) is 2.32. The molecule has 0 saturated heterocycles. The SMILES string of the molecule is CC(C)Cn1[nH]cc(CO)c1=O. The summed E-state index contributed by atoms with van der Waals surface area (Å²) >= 11 is 0. The molecule has 1 rings (SSSR count). The number of aromatic nitrogens is 2. The summed E-state index contributed by atoms with van der Waals surface area (Å²) in [7, 11) is 0. The molecule has 2 N–H and O–H groups in total. The maximum absolute atomic E-state index is 11.3. The number of hydrogen-bond donors (Lipinski definition) is 2. The molecule has 0 unspecified atom stereocenters. The van der Waals surface area contributed by atoms with Crippen LogP contribution in [0.1, 0.15) is 19.4 Å². The van der Waals surface area contributed by atoms with Gasteiger partial charge in [-0.15, -0.1) is 0 Å². The molecule has 0 radical (unpaired) electrons. The lowest BCUT2D eigenvalue weighted by Gasteiger charge is -2.03. The number of hydrogen-bond acceptors (Lipinski definition) is 2. The van der Waals surface area contributed by atoms with Gasteiger partial charge in [0, 0.05) is 12.7 Å². The third kappa shape index (κ3) is 1.76. The van der Waals surface area contributed by atoms with E-state index in [2.05, 4.69) is 5.10 Å². The summed E-state index contributed by atoms with van der Waals surface area (Å²) < 4.78 is 1.51. The number of H-pyrrole nitrogens is 1. The number of nitrogens with zero attached hydrogens (tertiary/aromatic N) is 1. The van der Waals surface area contributed by atoms with Crippen LogP contribution in [0.5, 0.6) is 0 Å². The van der Waals surface area contributed by atoms with E-state index in [0.29, 0.717) is 18.0 Å². The van der Waals surface area contributed by atoms with Gasteiger partial charge in [0.2, 0.25) is 0 Å². The lowest BCUT2D eigenvalue weighted by atomic mass is 10.2. The van der Waals surface area contributed by atoms with Crippen molar-refractivity contribution in [2.75, 3.05) is 0 Å². The first-order valence-electron chi connectivity index (χ1n) is 4.03. The van der Waals surface area contributed by atoms with Crippen LogP contribution >= 0.6 is 0 Å². The van der Waals surface area contributed by atoms with Gasteiger partial charge in [0.25, 0.3) is 5.56 Å². The Morgan fingerprint density at radius 1 is 1.67 bits per heavy atom. The number of aliphatic hydroxyl groups is 1. The van der Waals surface area contributed by atoms with E-state index >= 15 is 0 Å². The fourth-order valence-electron chi connectivity index (χ4n) is 1.06. The van der Waals surface area contributed by atoms with E-state index in [1.54, 1.807) is 6.20 Å². The third-order valence-corrected chi connectivity index (χ3v) is 1.63. The highest BCUT2D eigenvalue weighted by atomic mass is 16.3. The van der Waals surface area contributed by atoms with Crippen LogP contribution in [0.2, 0.25) is 0 Å². The second kappa shape index (κ2) is 3.58. The molecule has 4 heteroatoms. The van der Waals surface area contributed by atoms with E-state index in [-0.39, 0.29) is 12.2 Å². The van der Waals surface area contributed by atoms with Crippen molar-refractivity contribution in [2.45, 2.75) is 27.0 Å². The molecule has 68 valence electrons. The van der Waals surface area contributed by atoms with Gasteiger partial charge in [0.15, 0.2) is 0 Å². The molecule has 0 aliphatic carbocycles. The first-order chi connectivity index (χ1) is 5.65. The zero-order valence-electron chi connectivity index (χ0n) is 7.37. The van der Waals surface area contributed by atoms with Gasteiger partial charge in [-0.2, -0.15) is 0 Å². The molecule has 0 bridgehead atoms. The molecule has 0 atom stereocenters. The molecule has 4 nitrogen and oxygen atoms in total. The highest BCUT2D eigenvalue weighted by Crippen LogP contribution is 1.95. The van der Waals surface area contributed by atoms with Gasteiger partial charge in [0.05, 0.1) is 12.2 Å². The molecule has 0 aliphatic rings. The van der Waals surface area contributed by atoms with Crippen LogP contribution < -0.4 is 5.56 Å². The Balaban J connectivity index is 2.88. The number of nitrogens with one attached hydrogen (secondary N) is 1. The lowest BCUT2D eigenvalue weighted by Crippen LogP contribution is -2.21. The summed E-state index contributed by atoms with van der Waals surface area (Å²) in [5.41, 5.74) is 0.307. The van der Waals surface area contributed by atoms with Gasteiger partial charge in [0.1, 0.15) is 0 Å². The quantitative estimate of drug-likeness (QED) is 0.686. The molecule has 12 heavy (non-hydrogen) atoms. The highest BCUT2D eigenvalue weighted by Gasteiger charge is 2.05. The minimum atomic E-state index is -0.194. The normalized spacial score (nSPS) is 11.0. The van der Waals surface area contributed by atoms with Crippen molar-refractivity contribution in [2.24, 2.45) is 5.92 Å². The monoisotopic (exact) mass is 170 g/mol. The largest absolute Gasteiger partial charge is 0.391 e. The second-order valence-electron chi connectivity index (χ2n) is 3.27. The van der Waals surface area contributed by atoms with Gasteiger partial charge in [-0.05, 0) is 5.92 Å². The summed E-state index contributed by atoms with van der Waals surface area (Å²) in [6, 6.07) is 0. The minimum absolute atomic E-state index is 0.119. The van der Waals surface area contributed by atoms with E-state index in [1.165, 1.54) is 4.68 Å². The van der Waals surface area contributed by atoms with Crippen LogP contribution in [0.3, 0.4) is 0 Å². The summed E-state index contributed by atoms with van der Waals surface area (Å²) in [5.74, 6) is 0.424. The Labute approximate surface area is 70.8 Å². The molecule has 1 heterocycles. The minimum Gasteiger partial charge on any atom is -0.391 e. The van der Waals surface area contributed by atoms with Crippen molar-refractivity contribution in [1.29, 1.82) is 0 Å². The molecule has 0 aromatic carbocycles. The lowest BCUT2D eigenvalue weighted by molar-refractivity contribution is 0.280. The Kier molecular flexibility index (Phi) is 2.70. The molecule has 1 aromatic rings. The predicted octanol–water partition coefficient (Wildman–Crippen LogP) is 0.325. The molecular weight excluding hydrogens is 156 g/mol. The number of rotatable bonds is 3. The summed E-state index contributed by atoms with van der Waals surface area (Å²) in [5, 5.41) is 11.5. The molecule has 0 fully saturated rings. The van der Waals surface area contributed by atoms with Crippen LogP contribution in [-0.2, 0) is 13.2 Å². The maximum atomic E-state index is 11.3. The van der Waals surface area contributed by atoms with Crippen molar-refractivity contribution < 1.29 is 5.11 Å². The Bertz CT molecular complexity index is 298. The maximum Gasteiger partial charge on any atom is 0.271 e. The summed E-state index contributed by atoms with van der Waals surface area (Å²) in [6.45, 7) is 4.54. The fourth-order valence-corrected chi connectivity index (χ4v) is 1.06. The molecule has 0 saturated carbocycles. The predicted molar refractivity (Wildman–Crippen MR) is 45.8 cm³/mol. The van der Waals surface area contributed by atoms with Crippen molar-refractivity contribution in [3.8, 4) is 0 Å². The average molecular weight is 170 g/mol. The zero-order valence-corrected chi connectivity index (χ0v) is 7.37. The standard InChI is InChI=1S/C8H14N2O2/c1-6(2)4-10-8(12)7(5-11)3-9-10/h3,6,9,11H,4-5H2,1-2H3. The van der Waals surface area contributed by atoms with E-state index in [4.69, 9.17) is 5.11 Å². The molecule has 0 spiro atoms. The van der Waals surface area contributed by atoms with Crippen molar-refractivity contribution >= 4 is 0 Å². The van der Waals surface area contributed by atoms with Gasteiger partial charge in [-0.3, -0.25) is 9.48 Å². The van der Waals surface area contributed by atoms with E-state index in [0.717, 1.165) is 0 Å². The van der Waals surface area contributed by atoms with Crippen LogP contribution in [0.15, 0.2) is 11.0 Å². The van der Waals surface area contributed by atoms with E-state index in [9.17, 15) is 4.79 Å². The Morgan fingerprint density at radius 2 is 2.33 bits per heavy atom. The fraction of sp³-hybridized carbons (Fsp3) is 0.625. The summed E-state index contributed by atoms with van der Waals surface area (Å²) in [4.78, 5) is 11.3. The van der Waals surface area contributed by atoms with Crippen LogP contribution in [0.25, 0.3) is 0 Å². The topological polar surface area (TPSA) is 58.0 Å². The first-order valence-corrected chi connectivity index (χ1v) is 4.03. The highest BCUT2D eigenvalue weighted by molar-refractivity contribution is 5.02. The zero-order chi connectivity index (χ0) is 9.14. The van der Waals surface area contributed by atoms with Crippen LogP contribution in [0, 0.1) is 5.92 Å². The van der Waals surface area contributed by atoms with E-state index in [1.807, 2.05) is 13.8 Å². The van der Waals surface area contributed by atoms with Gasteiger partial charge >= 0.3 is 0 Å². The van der Waals surface area contributed by atoms with Crippen LogP contribution in [0.4, 0.5) is 0 Å². The molecule has 0 amide bonds. The number of aliphatic hydroxyl groups excluding tert-OH is 1. The molecule has 0 aliphatic heterocycles. The second-order valence-corrected chi connectivity index (χ2v) is 3.27. The van der Waals surface area contributed by atoms with E-state index < -0.39 is 0 Å². The van der Waals surface area contributed by atoms with Gasteiger partial charge in [-0.1, -0.05) is 13.8 Å². The molecular formula is C8H14N2O2. The molecule has 1 aromatic heterocycles. The first kappa shape index (κ1) is 9.06. The van der Waals surface area contributed by atoms with Gasteiger partial charge in [-0.25, -0.2) is 0 Å². The van der Waals surface area contributed by atoms with Crippen molar-refractivity contribution in [1.82, 2.24) is 9.78 Å². The van der Waals surface area contributed by atoms with Gasteiger partial charge < -0.3 is 10.2 Å². The van der Waals surface area contributed by atoms with Crippen LogP contribution in [-0.4, -0.2) is 14.9 Å².